The lowest BCUT2D eigenvalue weighted by Gasteiger charge is -2.15. The molecule has 0 aliphatic heterocycles. The first-order valence-corrected chi connectivity index (χ1v) is 9.20. The van der Waals surface area contributed by atoms with E-state index in [1.165, 1.54) is 12.8 Å². The highest BCUT2D eigenvalue weighted by Crippen LogP contribution is 2.33. The Balaban J connectivity index is 2.32. The van der Waals surface area contributed by atoms with Gasteiger partial charge in [0.15, 0.2) is 5.75 Å². The average molecular weight is 347 g/mol. The van der Waals surface area contributed by atoms with Gasteiger partial charge in [0.25, 0.3) is 5.56 Å². The normalized spacial score (nSPS) is 10.8. The first kappa shape index (κ1) is 19.2. The molecule has 0 bridgehead atoms. The maximum absolute atomic E-state index is 12.5. The molecule has 0 fully saturated rings. The van der Waals surface area contributed by atoms with Gasteiger partial charge < -0.3 is 19.2 Å². The molecule has 0 aliphatic carbocycles. The number of aromatic amines is 1. The van der Waals surface area contributed by atoms with Crippen molar-refractivity contribution in [3.63, 3.8) is 0 Å². The van der Waals surface area contributed by atoms with Gasteiger partial charge in [-0.1, -0.05) is 39.5 Å². The molecule has 0 amide bonds. The van der Waals surface area contributed by atoms with E-state index in [2.05, 4.69) is 18.8 Å². The molecule has 0 radical (unpaired) electrons. The number of H-pyrrole nitrogens is 1. The lowest BCUT2D eigenvalue weighted by Crippen LogP contribution is -2.15. The lowest BCUT2D eigenvalue weighted by atomic mass is 10.2. The Morgan fingerprint density at radius 1 is 0.920 bits per heavy atom. The molecule has 0 saturated carbocycles. The van der Waals surface area contributed by atoms with Crippen LogP contribution in [0.3, 0.4) is 0 Å². The van der Waals surface area contributed by atoms with Gasteiger partial charge in [-0.3, -0.25) is 4.79 Å². The molecular formula is C20H29NO4. The summed E-state index contributed by atoms with van der Waals surface area (Å²) < 4.78 is 17.0. The van der Waals surface area contributed by atoms with Gasteiger partial charge in [-0.05, 0) is 25.0 Å². The number of aromatic nitrogens is 1. The minimum atomic E-state index is -0.264. The van der Waals surface area contributed by atoms with E-state index < -0.39 is 0 Å². The Bertz CT molecular complexity index is 723. The summed E-state index contributed by atoms with van der Waals surface area (Å²) in [6.45, 7) is 5.35. The summed E-state index contributed by atoms with van der Waals surface area (Å²) in [6.07, 6.45) is 6.37. The topological polar surface area (TPSA) is 60.5 Å². The zero-order chi connectivity index (χ0) is 18.1. The predicted octanol–water partition coefficient (Wildman–Crippen LogP) is 4.67. The van der Waals surface area contributed by atoms with Crippen molar-refractivity contribution in [1.29, 1.82) is 0 Å². The second-order valence-corrected chi connectivity index (χ2v) is 6.14. The molecule has 0 saturated heterocycles. The van der Waals surface area contributed by atoms with E-state index in [0.29, 0.717) is 30.2 Å². The van der Waals surface area contributed by atoms with Crippen LogP contribution in [0.1, 0.15) is 52.4 Å². The van der Waals surface area contributed by atoms with Gasteiger partial charge >= 0.3 is 0 Å². The molecule has 5 nitrogen and oxygen atoms in total. The summed E-state index contributed by atoms with van der Waals surface area (Å²) in [5.41, 5.74) is 0.427. The minimum Gasteiger partial charge on any atom is -0.497 e. The third-order valence-electron chi connectivity index (χ3n) is 4.12. The quantitative estimate of drug-likeness (QED) is 0.600. The lowest BCUT2D eigenvalue weighted by molar-refractivity contribution is 0.260. The molecule has 1 heterocycles. The summed E-state index contributed by atoms with van der Waals surface area (Å²) in [4.78, 5) is 15.4. The standard InChI is InChI=1S/C20H29NO4/c1-4-6-8-9-13-24-18-16-11-10-15(23-3)14-17(16)21-20(22)19(18)25-12-7-5-2/h10-11,14H,4-9,12-13H2,1-3H3,(H,21,22). The fraction of sp³-hybridized carbons (Fsp3) is 0.550. The number of pyridine rings is 1. The monoisotopic (exact) mass is 347 g/mol. The Labute approximate surface area is 149 Å². The van der Waals surface area contributed by atoms with Gasteiger partial charge in [0.2, 0.25) is 5.75 Å². The third-order valence-corrected chi connectivity index (χ3v) is 4.12. The summed E-state index contributed by atoms with van der Waals surface area (Å²) >= 11 is 0. The van der Waals surface area contributed by atoms with E-state index >= 15 is 0 Å². The second kappa shape index (κ2) is 9.97. The Morgan fingerprint density at radius 2 is 1.64 bits per heavy atom. The van der Waals surface area contributed by atoms with E-state index in [4.69, 9.17) is 14.2 Å². The fourth-order valence-electron chi connectivity index (χ4n) is 2.65. The first-order chi connectivity index (χ1) is 12.2. The number of hydrogen-bond donors (Lipinski definition) is 1. The number of benzene rings is 1. The van der Waals surface area contributed by atoms with Crippen molar-refractivity contribution < 1.29 is 14.2 Å². The van der Waals surface area contributed by atoms with E-state index in [-0.39, 0.29) is 11.3 Å². The fourth-order valence-corrected chi connectivity index (χ4v) is 2.65. The maximum Gasteiger partial charge on any atom is 0.294 e. The molecule has 138 valence electrons. The maximum atomic E-state index is 12.5. The van der Waals surface area contributed by atoms with Crippen LogP contribution in [0.5, 0.6) is 17.2 Å². The molecule has 1 aromatic carbocycles. The van der Waals surface area contributed by atoms with Crippen LogP contribution >= 0.6 is 0 Å². The number of rotatable bonds is 11. The zero-order valence-corrected chi connectivity index (χ0v) is 15.5. The average Bonchev–Trinajstić information content (AvgIpc) is 2.62. The Kier molecular flexibility index (Phi) is 7.64. The summed E-state index contributed by atoms with van der Waals surface area (Å²) in [5, 5.41) is 0.836. The van der Waals surface area contributed by atoms with E-state index in [0.717, 1.165) is 31.1 Å². The Morgan fingerprint density at radius 3 is 2.36 bits per heavy atom. The van der Waals surface area contributed by atoms with Crippen molar-refractivity contribution in [3.8, 4) is 17.2 Å². The van der Waals surface area contributed by atoms with Crippen molar-refractivity contribution in [2.75, 3.05) is 20.3 Å². The van der Waals surface area contributed by atoms with Gasteiger partial charge in [0, 0.05) is 11.5 Å². The number of unbranched alkanes of at least 4 members (excludes halogenated alkanes) is 4. The second-order valence-electron chi connectivity index (χ2n) is 6.14. The number of hydrogen-bond acceptors (Lipinski definition) is 4. The zero-order valence-electron chi connectivity index (χ0n) is 15.5. The Hall–Kier alpha value is -2.17. The van der Waals surface area contributed by atoms with Crippen molar-refractivity contribution in [3.05, 3.63) is 28.6 Å². The largest absolute Gasteiger partial charge is 0.497 e. The molecule has 25 heavy (non-hydrogen) atoms. The van der Waals surface area contributed by atoms with Crippen LogP contribution < -0.4 is 19.8 Å². The van der Waals surface area contributed by atoms with Crippen LogP contribution in [0.2, 0.25) is 0 Å². The third kappa shape index (κ3) is 5.15. The van der Waals surface area contributed by atoms with Gasteiger partial charge in [0.05, 0.1) is 25.8 Å². The van der Waals surface area contributed by atoms with Crippen LogP contribution in [0.15, 0.2) is 23.0 Å². The summed E-state index contributed by atoms with van der Waals surface area (Å²) in [6, 6.07) is 5.56. The smallest absolute Gasteiger partial charge is 0.294 e. The number of nitrogens with one attached hydrogen (secondary N) is 1. The highest BCUT2D eigenvalue weighted by molar-refractivity contribution is 5.88. The molecule has 0 unspecified atom stereocenters. The van der Waals surface area contributed by atoms with Gasteiger partial charge in [0.1, 0.15) is 5.75 Å². The van der Waals surface area contributed by atoms with Crippen LogP contribution in [0, 0.1) is 0 Å². The molecule has 0 aliphatic rings. The van der Waals surface area contributed by atoms with Crippen molar-refractivity contribution >= 4 is 10.9 Å². The molecule has 1 aromatic heterocycles. The molecular weight excluding hydrogens is 318 g/mol. The van der Waals surface area contributed by atoms with Crippen molar-refractivity contribution in [2.24, 2.45) is 0 Å². The molecule has 2 rings (SSSR count). The van der Waals surface area contributed by atoms with E-state index in [1.54, 1.807) is 13.2 Å². The van der Waals surface area contributed by atoms with Gasteiger partial charge in [-0.25, -0.2) is 0 Å². The van der Waals surface area contributed by atoms with Crippen LogP contribution in [-0.4, -0.2) is 25.3 Å². The van der Waals surface area contributed by atoms with Crippen molar-refractivity contribution in [1.82, 2.24) is 4.98 Å². The van der Waals surface area contributed by atoms with Crippen LogP contribution in [-0.2, 0) is 0 Å². The molecule has 5 heteroatoms. The highest BCUT2D eigenvalue weighted by atomic mass is 16.5. The first-order valence-electron chi connectivity index (χ1n) is 9.20. The van der Waals surface area contributed by atoms with E-state index in [1.807, 2.05) is 12.1 Å². The number of ether oxygens (including phenoxy) is 3. The van der Waals surface area contributed by atoms with E-state index in [9.17, 15) is 4.79 Å². The number of methoxy groups -OCH3 is 1. The summed E-state index contributed by atoms with van der Waals surface area (Å²) in [7, 11) is 1.60. The minimum absolute atomic E-state index is 0.264. The van der Waals surface area contributed by atoms with Crippen molar-refractivity contribution in [2.45, 2.75) is 52.4 Å². The van der Waals surface area contributed by atoms with Crippen LogP contribution in [0.25, 0.3) is 10.9 Å². The molecule has 0 spiro atoms. The predicted molar refractivity (Wildman–Crippen MR) is 101 cm³/mol. The van der Waals surface area contributed by atoms with Gasteiger partial charge in [-0.15, -0.1) is 0 Å². The highest BCUT2D eigenvalue weighted by Gasteiger charge is 2.16. The van der Waals surface area contributed by atoms with Gasteiger partial charge in [-0.2, -0.15) is 0 Å². The summed E-state index contributed by atoms with van der Waals surface area (Å²) in [5.74, 6) is 1.51. The number of fused-ring (bicyclic) bond motifs is 1. The van der Waals surface area contributed by atoms with Crippen LogP contribution in [0.4, 0.5) is 0 Å². The molecule has 2 aromatic rings. The molecule has 0 atom stereocenters. The molecule has 1 N–H and O–H groups in total. The SMILES string of the molecule is CCCCCCOc1c(OCCCC)c(=O)[nH]c2cc(OC)ccc12.